The van der Waals surface area contributed by atoms with E-state index in [0.29, 0.717) is 0 Å². The number of benzene rings is 2. The van der Waals surface area contributed by atoms with Gasteiger partial charge < -0.3 is 15.3 Å². The molecule has 2 rings (SSSR count). The lowest BCUT2D eigenvalue weighted by atomic mass is 10.0. The van der Waals surface area contributed by atoms with E-state index in [0.717, 1.165) is 5.56 Å². The van der Waals surface area contributed by atoms with Crippen LogP contribution in [-0.4, -0.2) is 25.8 Å². The molecule has 2 N–H and O–H groups in total. The summed E-state index contributed by atoms with van der Waals surface area (Å²) in [7, 11) is 4.07. The van der Waals surface area contributed by atoms with Gasteiger partial charge in [-0.3, -0.25) is 0 Å². The van der Waals surface area contributed by atoms with Crippen LogP contribution in [-0.2, 0) is 0 Å². The van der Waals surface area contributed by atoms with Crippen LogP contribution in [0.15, 0.2) is 54.6 Å². The van der Waals surface area contributed by atoms with Crippen molar-refractivity contribution in [1.29, 1.82) is 0 Å². The zero-order chi connectivity index (χ0) is 15.2. The van der Waals surface area contributed by atoms with Crippen molar-refractivity contribution in [2.24, 2.45) is 0 Å². The molecule has 0 saturated heterocycles. The number of aliphatic hydroxyl groups is 1. The lowest BCUT2D eigenvalue weighted by Crippen LogP contribution is -2.27. The van der Waals surface area contributed by atoms with Crippen LogP contribution < -0.4 is 10.2 Å². The van der Waals surface area contributed by atoms with E-state index in [-0.39, 0.29) is 18.7 Å². The van der Waals surface area contributed by atoms with Crippen LogP contribution in [0.3, 0.4) is 0 Å². The summed E-state index contributed by atoms with van der Waals surface area (Å²) >= 11 is 0. The van der Waals surface area contributed by atoms with Gasteiger partial charge in [-0.25, -0.2) is 0 Å². The second-order valence-corrected chi connectivity index (χ2v) is 5.52. The fourth-order valence-electron chi connectivity index (χ4n) is 2.40. The molecule has 0 aliphatic rings. The van der Waals surface area contributed by atoms with Crippen LogP contribution in [0.25, 0.3) is 0 Å². The number of hydrogen-bond donors (Lipinski definition) is 2. The summed E-state index contributed by atoms with van der Waals surface area (Å²) < 4.78 is 0. The summed E-state index contributed by atoms with van der Waals surface area (Å²) in [6.07, 6.45) is 0. The third-order valence-corrected chi connectivity index (χ3v) is 3.75. The molecule has 0 aliphatic carbocycles. The standard InChI is InChI=1S/C18H24N2O/c1-14(15-9-11-17(12-10-15)20(2)3)19-18(13-21)16-7-5-4-6-8-16/h4-12,14,18-19,21H,13H2,1-3H3/t14?,18-/m1/s1. The van der Waals surface area contributed by atoms with E-state index in [4.69, 9.17) is 0 Å². The minimum Gasteiger partial charge on any atom is -0.394 e. The normalized spacial score (nSPS) is 13.7. The molecular weight excluding hydrogens is 260 g/mol. The Morgan fingerprint density at radius 1 is 0.952 bits per heavy atom. The predicted molar refractivity (Wildman–Crippen MR) is 88.6 cm³/mol. The molecule has 2 atom stereocenters. The topological polar surface area (TPSA) is 35.5 Å². The molecule has 0 aromatic heterocycles. The maximum atomic E-state index is 9.62. The molecule has 2 aromatic carbocycles. The predicted octanol–water partition coefficient (Wildman–Crippen LogP) is 3.14. The van der Waals surface area contributed by atoms with Gasteiger partial charge in [0.1, 0.15) is 0 Å². The highest BCUT2D eigenvalue weighted by molar-refractivity contribution is 5.46. The summed E-state index contributed by atoms with van der Waals surface area (Å²) in [5.74, 6) is 0. The first-order valence-corrected chi connectivity index (χ1v) is 7.31. The molecule has 3 nitrogen and oxygen atoms in total. The van der Waals surface area contributed by atoms with Crippen molar-refractivity contribution in [3.8, 4) is 0 Å². The molecule has 0 spiro atoms. The number of nitrogens with one attached hydrogen (secondary N) is 1. The van der Waals surface area contributed by atoms with Gasteiger partial charge in [0.15, 0.2) is 0 Å². The van der Waals surface area contributed by atoms with Gasteiger partial charge in [0.2, 0.25) is 0 Å². The Bertz CT molecular complexity index is 537. The van der Waals surface area contributed by atoms with E-state index in [1.807, 2.05) is 44.4 Å². The fraction of sp³-hybridized carbons (Fsp3) is 0.333. The molecule has 1 unspecified atom stereocenters. The second kappa shape index (κ2) is 7.25. The molecular formula is C18H24N2O. The van der Waals surface area contributed by atoms with Gasteiger partial charge in [-0.05, 0) is 30.2 Å². The molecule has 0 saturated carbocycles. The third kappa shape index (κ3) is 4.06. The van der Waals surface area contributed by atoms with E-state index in [2.05, 4.69) is 41.4 Å². The first-order chi connectivity index (χ1) is 10.1. The Hall–Kier alpha value is -1.84. The molecule has 2 aromatic rings. The minimum atomic E-state index is -0.0466. The number of aliphatic hydroxyl groups excluding tert-OH is 1. The Morgan fingerprint density at radius 3 is 2.10 bits per heavy atom. The SMILES string of the molecule is CC(N[C@H](CO)c1ccccc1)c1ccc(N(C)C)cc1. The molecule has 0 amide bonds. The van der Waals surface area contributed by atoms with E-state index >= 15 is 0 Å². The summed E-state index contributed by atoms with van der Waals surface area (Å²) in [6.45, 7) is 2.21. The highest BCUT2D eigenvalue weighted by atomic mass is 16.3. The zero-order valence-electron chi connectivity index (χ0n) is 13.0. The number of rotatable bonds is 6. The van der Waals surface area contributed by atoms with Crippen LogP contribution in [0.1, 0.15) is 30.1 Å². The molecule has 0 aliphatic heterocycles. The molecule has 0 bridgehead atoms. The van der Waals surface area contributed by atoms with Crippen LogP contribution in [0.5, 0.6) is 0 Å². The van der Waals surface area contributed by atoms with Gasteiger partial charge in [0.05, 0.1) is 12.6 Å². The van der Waals surface area contributed by atoms with Crippen molar-refractivity contribution in [3.63, 3.8) is 0 Å². The minimum absolute atomic E-state index is 0.0466. The van der Waals surface area contributed by atoms with Gasteiger partial charge in [0.25, 0.3) is 0 Å². The first-order valence-electron chi connectivity index (χ1n) is 7.31. The van der Waals surface area contributed by atoms with Crippen molar-refractivity contribution in [2.45, 2.75) is 19.0 Å². The first kappa shape index (κ1) is 15.5. The summed E-state index contributed by atoms with van der Waals surface area (Å²) in [6, 6.07) is 18.7. The highest BCUT2D eigenvalue weighted by Gasteiger charge is 2.14. The smallest absolute Gasteiger partial charge is 0.0626 e. The molecule has 112 valence electrons. The lowest BCUT2D eigenvalue weighted by molar-refractivity contribution is 0.235. The zero-order valence-corrected chi connectivity index (χ0v) is 13.0. The monoisotopic (exact) mass is 284 g/mol. The number of nitrogens with zero attached hydrogens (tertiary/aromatic N) is 1. The quantitative estimate of drug-likeness (QED) is 0.855. The Labute approximate surface area is 127 Å². The van der Waals surface area contributed by atoms with E-state index in [9.17, 15) is 5.11 Å². The average Bonchev–Trinajstić information content (AvgIpc) is 2.53. The number of hydrogen-bond acceptors (Lipinski definition) is 3. The molecule has 0 radical (unpaired) electrons. The average molecular weight is 284 g/mol. The van der Waals surface area contributed by atoms with Gasteiger partial charge in [-0.2, -0.15) is 0 Å². The maximum absolute atomic E-state index is 9.62. The molecule has 21 heavy (non-hydrogen) atoms. The van der Waals surface area contributed by atoms with Crippen LogP contribution in [0.2, 0.25) is 0 Å². The van der Waals surface area contributed by atoms with Crippen LogP contribution in [0.4, 0.5) is 5.69 Å². The van der Waals surface area contributed by atoms with Crippen LogP contribution >= 0.6 is 0 Å². The van der Waals surface area contributed by atoms with E-state index < -0.39 is 0 Å². The summed E-state index contributed by atoms with van der Waals surface area (Å²) in [5, 5.41) is 13.1. The van der Waals surface area contributed by atoms with Crippen molar-refractivity contribution in [2.75, 3.05) is 25.6 Å². The third-order valence-electron chi connectivity index (χ3n) is 3.75. The second-order valence-electron chi connectivity index (χ2n) is 5.52. The van der Waals surface area contributed by atoms with Crippen molar-refractivity contribution >= 4 is 5.69 Å². The number of anilines is 1. The fourth-order valence-corrected chi connectivity index (χ4v) is 2.40. The Balaban J connectivity index is 2.07. The van der Waals surface area contributed by atoms with Gasteiger partial charge in [-0.1, -0.05) is 42.5 Å². The van der Waals surface area contributed by atoms with Gasteiger partial charge in [-0.15, -0.1) is 0 Å². The maximum Gasteiger partial charge on any atom is 0.0626 e. The van der Waals surface area contributed by atoms with Crippen molar-refractivity contribution < 1.29 is 5.11 Å². The summed E-state index contributed by atoms with van der Waals surface area (Å²) in [4.78, 5) is 2.09. The lowest BCUT2D eigenvalue weighted by Gasteiger charge is -2.23. The van der Waals surface area contributed by atoms with E-state index in [1.165, 1.54) is 11.3 Å². The van der Waals surface area contributed by atoms with Gasteiger partial charge >= 0.3 is 0 Å². The molecule has 0 heterocycles. The van der Waals surface area contributed by atoms with E-state index in [1.54, 1.807) is 0 Å². The van der Waals surface area contributed by atoms with Gasteiger partial charge in [0, 0.05) is 25.8 Å². The molecule has 0 fully saturated rings. The van der Waals surface area contributed by atoms with Crippen molar-refractivity contribution in [1.82, 2.24) is 5.32 Å². The molecule has 3 heteroatoms. The van der Waals surface area contributed by atoms with Crippen molar-refractivity contribution in [3.05, 3.63) is 65.7 Å². The Kier molecular flexibility index (Phi) is 5.37. The Morgan fingerprint density at radius 2 is 1.57 bits per heavy atom. The largest absolute Gasteiger partial charge is 0.394 e. The summed E-state index contributed by atoms with van der Waals surface area (Å²) in [5.41, 5.74) is 3.51. The highest BCUT2D eigenvalue weighted by Crippen LogP contribution is 2.21. The van der Waals surface area contributed by atoms with Crippen LogP contribution in [0, 0.1) is 0 Å².